The highest BCUT2D eigenvalue weighted by Gasteiger charge is 2.08. The van der Waals surface area contributed by atoms with Crippen LogP contribution in [0.15, 0.2) is 54.7 Å². The van der Waals surface area contributed by atoms with E-state index in [9.17, 15) is 9.59 Å². The lowest BCUT2D eigenvalue weighted by molar-refractivity contribution is -0.120. The zero-order chi connectivity index (χ0) is 19.1. The second-order valence-electron chi connectivity index (χ2n) is 6.40. The highest BCUT2D eigenvalue weighted by Crippen LogP contribution is 2.17. The van der Waals surface area contributed by atoms with Crippen LogP contribution in [0.5, 0.6) is 0 Å². The van der Waals surface area contributed by atoms with E-state index >= 15 is 0 Å². The van der Waals surface area contributed by atoms with Crippen LogP contribution in [0, 0.1) is 0 Å². The van der Waals surface area contributed by atoms with Gasteiger partial charge in [0, 0.05) is 42.3 Å². The van der Waals surface area contributed by atoms with Crippen LogP contribution in [0.25, 0.3) is 10.9 Å². The van der Waals surface area contributed by atoms with Crippen LogP contribution in [0.4, 0.5) is 0 Å². The lowest BCUT2D eigenvalue weighted by Gasteiger charge is -2.07. The number of aromatic nitrogens is 1. The minimum atomic E-state index is -0.122. The molecule has 1 aromatic heterocycles. The predicted molar refractivity (Wildman–Crippen MR) is 106 cm³/mol. The van der Waals surface area contributed by atoms with Gasteiger partial charge in [0.2, 0.25) is 5.91 Å². The molecule has 0 saturated carbocycles. The van der Waals surface area contributed by atoms with Gasteiger partial charge in [0.05, 0.1) is 6.42 Å². The first kappa shape index (κ1) is 18.7. The van der Waals surface area contributed by atoms with Crippen molar-refractivity contribution in [3.8, 4) is 0 Å². The minimum Gasteiger partial charge on any atom is -0.361 e. The number of nitrogens with two attached hydrogens (primary N) is 1. The van der Waals surface area contributed by atoms with E-state index in [2.05, 4.69) is 15.6 Å². The van der Waals surface area contributed by atoms with E-state index in [1.54, 1.807) is 12.1 Å². The molecule has 2 aromatic carbocycles. The molecule has 6 nitrogen and oxygen atoms in total. The summed E-state index contributed by atoms with van der Waals surface area (Å²) < 4.78 is 0. The summed E-state index contributed by atoms with van der Waals surface area (Å²) in [7, 11) is 0. The van der Waals surface area contributed by atoms with Crippen molar-refractivity contribution in [2.24, 2.45) is 5.73 Å². The number of aromatic amines is 1. The molecule has 6 heteroatoms. The van der Waals surface area contributed by atoms with Crippen LogP contribution in [-0.2, 0) is 17.8 Å². The maximum atomic E-state index is 12.1. The predicted octanol–water partition coefficient (Wildman–Crippen LogP) is 2.11. The first-order chi connectivity index (χ1) is 13.2. The van der Waals surface area contributed by atoms with Gasteiger partial charge in [-0.05, 0) is 35.7 Å². The molecule has 1 heterocycles. The van der Waals surface area contributed by atoms with Crippen molar-refractivity contribution in [3.05, 3.63) is 71.4 Å². The number of amides is 2. The van der Waals surface area contributed by atoms with E-state index in [1.807, 2.05) is 42.6 Å². The van der Waals surface area contributed by atoms with Crippen molar-refractivity contribution < 1.29 is 9.59 Å². The fraction of sp³-hybridized carbons (Fsp3) is 0.238. The minimum absolute atomic E-state index is 0.0246. The van der Waals surface area contributed by atoms with Crippen molar-refractivity contribution >= 4 is 22.7 Å². The molecule has 0 aliphatic rings. The number of hydrogen-bond donors (Lipinski definition) is 4. The summed E-state index contributed by atoms with van der Waals surface area (Å²) in [5, 5.41) is 6.82. The van der Waals surface area contributed by atoms with Crippen LogP contribution in [0.1, 0.15) is 27.9 Å². The molecule has 0 radical (unpaired) electrons. The third kappa shape index (κ3) is 4.95. The summed E-state index contributed by atoms with van der Waals surface area (Å²) in [5.74, 6) is -0.146. The summed E-state index contributed by atoms with van der Waals surface area (Å²) in [6, 6.07) is 15.1. The molecule has 0 spiro atoms. The Kier molecular flexibility index (Phi) is 6.22. The van der Waals surface area contributed by atoms with Crippen molar-refractivity contribution in [1.29, 1.82) is 0 Å². The highest BCUT2D eigenvalue weighted by molar-refractivity contribution is 5.94. The van der Waals surface area contributed by atoms with Gasteiger partial charge in [0.1, 0.15) is 0 Å². The van der Waals surface area contributed by atoms with E-state index in [0.717, 1.165) is 22.0 Å². The molecular weight excluding hydrogens is 340 g/mol. The number of para-hydroxylation sites is 1. The van der Waals surface area contributed by atoms with Gasteiger partial charge in [0.25, 0.3) is 5.91 Å². The number of carbonyl (C=O) groups excluding carboxylic acids is 2. The zero-order valence-electron chi connectivity index (χ0n) is 15.1. The number of H-pyrrole nitrogens is 1. The van der Waals surface area contributed by atoms with Crippen LogP contribution >= 0.6 is 0 Å². The smallest absolute Gasteiger partial charge is 0.251 e. The topological polar surface area (TPSA) is 100 Å². The monoisotopic (exact) mass is 364 g/mol. The number of nitrogens with one attached hydrogen (secondary N) is 3. The highest BCUT2D eigenvalue weighted by atomic mass is 16.2. The molecule has 0 aliphatic heterocycles. The van der Waals surface area contributed by atoms with E-state index in [-0.39, 0.29) is 11.8 Å². The molecule has 0 fully saturated rings. The Morgan fingerprint density at radius 1 is 0.963 bits per heavy atom. The van der Waals surface area contributed by atoms with E-state index in [4.69, 9.17) is 5.73 Å². The Morgan fingerprint density at radius 3 is 2.48 bits per heavy atom. The largest absolute Gasteiger partial charge is 0.361 e. The lowest BCUT2D eigenvalue weighted by atomic mass is 10.1. The maximum Gasteiger partial charge on any atom is 0.251 e. The zero-order valence-corrected chi connectivity index (χ0v) is 15.1. The van der Waals surface area contributed by atoms with Crippen molar-refractivity contribution in [3.63, 3.8) is 0 Å². The standard InChI is InChI=1S/C21H24N4O2/c22-13-15-6-8-16(9-7-15)21(27)24-11-3-10-23-20(26)12-17-14-25-19-5-2-1-4-18(17)19/h1-2,4-9,14,25H,3,10-13,22H2,(H,23,26)(H,24,27). The van der Waals surface area contributed by atoms with Gasteiger partial charge in [0.15, 0.2) is 0 Å². The Morgan fingerprint density at radius 2 is 1.70 bits per heavy atom. The Labute approximate surface area is 158 Å². The van der Waals surface area contributed by atoms with E-state index in [0.29, 0.717) is 38.0 Å². The van der Waals surface area contributed by atoms with E-state index in [1.165, 1.54) is 0 Å². The number of fused-ring (bicyclic) bond motifs is 1. The second kappa shape index (κ2) is 9.00. The summed E-state index contributed by atoms with van der Waals surface area (Å²) in [6.07, 6.45) is 2.89. The second-order valence-corrected chi connectivity index (χ2v) is 6.40. The maximum absolute atomic E-state index is 12.1. The average molecular weight is 364 g/mol. The number of hydrogen-bond acceptors (Lipinski definition) is 3. The average Bonchev–Trinajstić information content (AvgIpc) is 3.10. The molecule has 0 unspecified atom stereocenters. The van der Waals surface area contributed by atoms with Crippen molar-refractivity contribution in [2.75, 3.05) is 13.1 Å². The molecular formula is C21H24N4O2. The summed E-state index contributed by atoms with van der Waals surface area (Å²) in [5.41, 5.74) is 9.16. The fourth-order valence-corrected chi connectivity index (χ4v) is 2.93. The van der Waals surface area contributed by atoms with Crippen LogP contribution in [0.3, 0.4) is 0 Å². The van der Waals surface area contributed by atoms with E-state index < -0.39 is 0 Å². The number of benzene rings is 2. The van der Waals surface area contributed by atoms with Gasteiger partial charge in [-0.15, -0.1) is 0 Å². The Bertz CT molecular complexity index is 915. The first-order valence-corrected chi connectivity index (χ1v) is 9.06. The van der Waals surface area contributed by atoms with Gasteiger partial charge in [-0.2, -0.15) is 0 Å². The molecule has 5 N–H and O–H groups in total. The van der Waals surface area contributed by atoms with Gasteiger partial charge in [-0.1, -0.05) is 30.3 Å². The fourth-order valence-electron chi connectivity index (χ4n) is 2.93. The molecule has 140 valence electrons. The SMILES string of the molecule is NCc1ccc(C(=O)NCCCNC(=O)Cc2c[nH]c3ccccc23)cc1. The molecule has 0 atom stereocenters. The Hall–Kier alpha value is -3.12. The van der Waals surface area contributed by atoms with Gasteiger partial charge in [-0.25, -0.2) is 0 Å². The van der Waals surface area contributed by atoms with Gasteiger partial charge >= 0.3 is 0 Å². The quantitative estimate of drug-likeness (QED) is 0.461. The molecule has 0 bridgehead atoms. The summed E-state index contributed by atoms with van der Waals surface area (Å²) in [4.78, 5) is 27.3. The molecule has 2 amide bonds. The Balaban J connectivity index is 1.37. The van der Waals surface area contributed by atoms with Gasteiger partial charge < -0.3 is 21.4 Å². The number of carbonyl (C=O) groups is 2. The summed E-state index contributed by atoms with van der Waals surface area (Å²) in [6.45, 7) is 1.48. The lowest BCUT2D eigenvalue weighted by Crippen LogP contribution is -2.30. The molecule has 3 aromatic rings. The number of rotatable bonds is 8. The van der Waals surface area contributed by atoms with Crippen molar-refractivity contribution in [1.82, 2.24) is 15.6 Å². The van der Waals surface area contributed by atoms with Crippen molar-refractivity contribution in [2.45, 2.75) is 19.4 Å². The molecule has 0 aliphatic carbocycles. The van der Waals surface area contributed by atoms with Crippen LogP contribution in [0.2, 0.25) is 0 Å². The van der Waals surface area contributed by atoms with Crippen LogP contribution < -0.4 is 16.4 Å². The molecule has 27 heavy (non-hydrogen) atoms. The molecule has 0 saturated heterocycles. The third-order valence-corrected chi connectivity index (χ3v) is 4.44. The normalized spacial score (nSPS) is 10.7. The third-order valence-electron chi connectivity index (χ3n) is 4.44. The van der Waals surface area contributed by atoms with Crippen LogP contribution in [-0.4, -0.2) is 29.9 Å². The molecule has 3 rings (SSSR count). The summed E-state index contributed by atoms with van der Waals surface area (Å²) >= 11 is 0. The van der Waals surface area contributed by atoms with Gasteiger partial charge in [-0.3, -0.25) is 9.59 Å². The first-order valence-electron chi connectivity index (χ1n) is 9.06.